The number of rotatable bonds is 8. The Bertz CT molecular complexity index is 1420. The number of aromatic nitrogens is 2. The molecule has 0 spiro atoms. The molecule has 1 aliphatic rings. The molecule has 2 heterocycles. The van der Waals surface area contributed by atoms with E-state index in [1.165, 1.54) is 11.9 Å². The summed E-state index contributed by atoms with van der Waals surface area (Å²) in [4.78, 5) is 48.4. The molecule has 192 valence electrons. The highest BCUT2D eigenvalue weighted by atomic mass is 16.5. The Labute approximate surface area is 220 Å². The van der Waals surface area contributed by atoms with Gasteiger partial charge in [-0.3, -0.25) is 9.59 Å². The third-order valence-electron chi connectivity index (χ3n) is 6.58. The van der Waals surface area contributed by atoms with Crippen LogP contribution in [0.25, 0.3) is 0 Å². The minimum atomic E-state index is -0.963. The van der Waals surface area contributed by atoms with Gasteiger partial charge in [0.15, 0.2) is 5.69 Å². The van der Waals surface area contributed by atoms with E-state index in [2.05, 4.69) is 21.4 Å². The van der Waals surface area contributed by atoms with E-state index in [9.17, 15) is 14.4 Å². The minimum Gasteiger partial charge on any atom is -0.459 e. The molecule has 1 atom stereocenters. The first kappa shape index (κ1) is 25.0. The predicted octanol–water partition coefficient (Wildman–Crippen LogP) is 3.69. The van der Waals surface area contributed by atoms with Crippen LogP contribution in [0.5, 0.6) is 0 Å². The van der Waals surface area contributed by atoms with Gasteiger partial charge in [0.2, 0.25) is 0 Å². The Kier molecular flexibility index (Phi) is 7.59. The number of hydrogen-bond acceptors (Lipinski definition) is 5. The molecule has 5 rings (SSSR count). The van der Waals surface area contributed by atoms with Crippen LogP contribution in [-0.2, 0) is 35.5 Å². The van der Waals surface area contributed by atoms with Gasteiger partial charge in [-0.15, -0.1) is 0 Å². The molecule has 38 heavy (non-hydrogen) atoms. The topological polar surface area (TPSA) is 104 Å². The highest BCUT2D eigenvalue weighted by molar-refractivity contribution is 6.05. The summed E-state index contributed by atoms with van der Waals surface area (Å²) >= 11 is 0. The molecular formula is C30H28N4O4. The fourth-order valence-corrected chi connectivity index (χ4v) is 4.56. The number of imidazole rings is 1. The summed E-state index contributed by atoms with van der Waals surface area (Å²) in [6.45, 7) is 1.08. The van der Waals surface area contributed by atoms with E-state index < -0.39 is 17.9 Å². The number of carbonyl (C=O) groups is 3. The quantitative estimate of drug-likeness (QED) is 0.353. The molecule has 0 radical (unpaired) electrons. The minimum absolute atomic E-state index is 0.0530. The highest BCUT2D eigenvalue weighted by Crippen LogP contribution is 2.21. The summed E-state index contributed by atoms with van der Waals surface area (Å²) in [5, 5.41) is 2.75. The lowest BCUT2D eigenvalue weighted by Crippen LogP contribution is -2.44. The molecule has 2 N–H and O–H groups in total. The summed E-state index contributed by atoms with van der Waals surface area (Å²) in [5.41, 5.74) is 4.05. The summed E-state index contributed by atoms with van der Waals surface area (Å²) in [7, 11) is 0. The Balaban J connectivity index is 1.31. The second-order valence-electron chi connectivity index (χ2n) is 9.18. The van der Waals surface area contributed by atoms with Crippen molar-refractivity contribution in [3.05, 3.63) is 125 Å². The van der Waals surface area contributed by atoms with Crippen LogP contribution in [0.15, 0.2) is 91.3 Å². The van der Waals surface area contributed by atoms with Gasteiger partial charge < -0.3 is 19.9 Å². The third-order valence-corrected chi connectivity index (χ3v) is 6.58. The Hall–Kier alpha value is -4.72. The summed E-state index contributed by atoms with van der Waals surface area (Å²) in [5.74, 6) is -1.50. The molecule has 1 unspecified atom stereocenters. The molecule has 0 bridgehead atoms. The van der Waals surface area contributed by atoms with Crippen LogP contribution in [0.2, 0.25) is 0 Å². The van der Waals surface area contributed by atoms with Gasteiger partial charge in [-0.05, 0) is 28.7 Å². The fourth-order valence-electron chi connectivity index (χ4n) is 4.56. The zero-order chi connectivity index (χ0) is 26.3. The van der Waals surface area contributed by atoms with Crippen molar-refractivity contribution in [2.45, 2.75) is 32.0 Å². The van der Waals surface area contributed by atoms with Crippen molar-refractivity contribution in [3.8, 4) is 0 Å². The van der Waals surface area contributed by atoms with Crippen LogP contribution < -0.4 is 5.32 Å². The molecule has 0 fully saturated rings. The van der Waals surface area contributed by atoms with Gasteiger partial charge in [0.1, 0.15) is 18.3 Å². The first-order valence-corrected chi connectivity index (χ1v) is 12.5. The van der Waals surface area contributed by atoms with Gasteiger partial charge in [0, 0.05) is 19.5 Å². The van der Waals surface area contributed by atoms with Gasteiger partial charge >= 0.3 is 5.97 Å². The lowest BCUT2D eigenvalue weighted by Gasteiger charge is -2.28. The fraction of sp³-hybridized carbons (Fsp3) is 0.200. The maximum atomic E-state index is 13.3. The lowest BCUT2D eigenvalue weighted by atomic mass is 9.99. The zero-order valence-corrected chi connectivity index (χ0v) is 20.8. The first-order valence-electron chi connectivity index (χ1n) is 12.5. The number of carbonyl (C=O) groups excluding carboxylic acids is 3. The summed E-state index contributed by atoms with van der Waals surface area (Å²) in [6.07, 6.45) is 2.29. The van der Waals surface area contributed by atoms with E-state index in [4.69, 9.17) is 4.74 Å². The van der Waals surface area contributed by atoms with Crippen molar-refractivity contribution in [2.75, 3.05) is 6.54 Å². The van der Waals surface area contributed by atoms with Gasteiger partial charge in [0.05, 0.1) is 6.33 Å². The van der Waals surface area contributed by atoms with Gasteiger partial charge in [-0.25, -0.2) is 9.78 Å². The molecule has 0 saturated heterocycles. The smallest absolute Gasteiger partial charge is 0.329 e. The van der Waals surface area contributed by atoms with Crippen LogP contribution in [0, 0.1) is 0 Å². The van der Waals surface area contributed by atoms with Crippen LogP contribution in [0.1, 0.15) is 43.2 Å². The molecule has 8 heteroatoms. The Morgan fingerprint density at radius 1 is 0.895 bits per heavy atom. The van der Waals surface area contributed by atoms with Crippen molar-refractivity contribution >= 4 is 17.8 Å². The molecule has 4 aromatic rings. The van der Waals surface area contributed by atoms with Crippen molar-refractivity contribution in [3.63, 3.8) is 0 Å². The lowest BCUT2D eigenvalue weighted by molar-refractivity contribution is -0.147. The number of ether oxygens (including phenoxy) is 1. The number of amides is 2. The number of esters is 1. The normalized spacial score (nSPS) is 13.3. The van der Waals surface area contributed by atoms with Gasteiger partial charge in [0.25, 0.3) is 11.8 Å². The number of nitrogens with one attached hydrogen (secondary N) is 2. The predicted molar refractivity (Wildman–Crippen MR) is 141 cm³/mol. The second-order valence-corrected chi connectivity index (χ2v) is 9.18. The van der Waals surface area contributed by atoms with Crippen molar-refractivity contribution in [1.82, 2.24) is 20.2 Å². The molecular weight excluding hydrogens is 480 g/mol. The van der Waals surface area contributed by atoms with Crippen molar-refractivity contribution in [2.24, 2.45) is 0 Å². The Morgan fingerprint density at radius 3 is 2.29 bits per heavy atom. The van der Waals surface area contributed by atoms with E-state index in [0.29, 0.717) is 13.1 Å². The SMILES string of the molecule is O=C(NC(Cc1ccccc1)C(=O)OCc1ccccc1)c1nc[nH]c1C(=O)N1CCc2ccccc2C1. The van der Waals surface area contributed by atoms with Gasteiger partial charge in [-0.2, -0.15) is 0 Å². The number of fused-ring (bicyclic) bond motifs is 1. The van der Waals surface area contributed by atoms with Crippen LogP contribution in [0.3, 0.4) is 0 Å². The molecule has 1 aliphatic heterocycles. The van der Waals surface area contributed by atoms with E-state index in [1.54, 1.807) is 4.90 Å². The molecule has 1 aromatic heterocycles. The van der Waals surface area contributed by atoms with Gasteiger partial charge in [-0.1, -0.05) is 84.9 Å². The van der Waals surface area contributed by atoms with Crippen LogP contribution in [0.4, 0.5) is 0 Å². The second kappa shape index (κ2) is 11.6. The molecule has 3 aromatic carbocycles. The van der Waals surface area contributed by atoms with E-state index in [0.717, 1.165) is 23.1 Å². The maximum absolute atomic E-state index is 13.3. The third kappa shape index (κ3) is 5.81. The first-order chi connectivity index (χ1) is 18.6. The van der Waals surface area contributed by atoms with Crippen molar-refractivity contribution < 1.29 is 19.1 Å². The number of hydrogen-bond donors (Lipinski definition) is 2. The summed E-state index contributed by atoms with van der Waals surface area (Å²) in [6, 6.07) is 25.7. The standard InChI is InChI=1S/C30H28N4O4/c35-28(26-27(32-20-31-26)29(36)34-16-15-23-13-7-8-14-24(23)18-34)33-25(17-21-9-3-1-4-10-21)30(37)38-19-22-11-5-2-6-12-22/h1-14,20,25H,15-19H2,(H,31,32)(H,33,35). The number of aromatic amines is 1. The Morgan fingerprint density at radius 2 is 1.55 bits per heavy atom. The molecule has 0 aliphatic carbocycles. The average Bonchev–Trinajstić information content (AvgIpc) is 3.46. The largest absolute Gasteiger partial charge is 0.459 e. The molecule has 0 saturated carbocycles. The number of H-pyrrole nitrogens is 1. The van der Waals surface area contributed by atoms with Crippen LogP contribution in [-0.4, -0.2) is 45.2 Å². The molecule has 8 nitrogen and oxygen atoms in total. The van der Waals surface area contributed by atoms with E-state index >= 15 is 0 Å². The van der Waals surface area contributed by atoms with Crippen molar-refractivity contribution in [1.29, 1.82) is 0 Å². The van der Waals surface area contributed by atoms with E-state index in [-0.39, 0.29) is 30.3 Å². The average molecular weight is 509 g/mol. The highest BCUT2D eigenvalue weighted by Gasteiger charge is 2.30. The van der Waals surface area contributed by atoms with E-state index in [1.807, 2.05) is 78.9 Å². The monoisotopic (exact) mass is 508 g/mol. The number of nitrogens with zero attached hydrogens (tertiary/aromatic N) is 2. The maximum Gasteiger partial charge on any atom is 0.329 e. The number of benzene rings is 3. The summed E-state index contributed by atoms with van der Waals surface area (Å²) < 4.78 is 5.53. The van der Waals surface area contributed by atoms with Crippen LogP contribution >= 0.6 is 0 Å². The zero-order valence-electron chi connectivity index (χ0n) is 20.8. The molecule has 2 amide bonds.